The first-order chi connectivity index (χ1) is 9.08. The standard InChI is InChI=1S/C15H23NO2S/c1-9(2)19-13-8-12(17-4)11-6-7-16-10(3)14(11)15(13)18-5/h8-10,16H,6-7H2,1-5H3. The number of methoxy groups -OCH3 is 2. The van der Waals surface area contributed by atoms with Gasteiger partial charge in [0.15, 0.2) is 0 Å². The number of hydrogen-bond acceptors (Lipinski definition) is 4. The third kappa shape index (κ3) is 2.84. The molecule has 106 valence electrons. The van der Waals surface area contributed by atoms with Gasteiger partial charge in [0.25, 0.3) is 0 Å². The average Bonchev–Trinajstić information content (AvgIpc) is 2.38. The molecule has 1 aromatic carbocycles. The summed E-state index contributed by atoms with van der Waals surface area (Å²) in [4.78, 5) is 1.17. The third-order valence-electron chi connectivity index (χ3n) is 3.40. The van der Waals surface area contributed by atoms with Gasteiger partial charge < -0.3 is 14.8 Å². The number of rotatable bonds is 4. The predicted molar refractivity (Wildman–Crippen MR) is 80.7 cm³/mol. The van der Waals surface area contributed by atoms with E-state index >= 15 is 0 Å². The van der Waals surface area contributed by atoms with Gasteiger partial charge in [-0.2, -0.15) is 0 Å². The Hall–Kier alpha value is -0.870. The SMILES string of the molecule is COc1cc(SC(C)C)c(OC)c2c1CCNC2C. The molecule has 1 heterocycles. The lowest BCUT2D eigenvalue weighted by atomic mass is 9.93. The molecule has 1 aliphatic rings. The first-order valence-electron chi connectivity index (χ1n) is 6.76. The zero-order valence-electron chi connectivity index (χ0n) is 12.4. The van der Waals surface area contributed by atoms with E-state index in [9.17, 15) is 0 Å². The molecule has 1 aromatic rings. The fourth-order valence-electron chi connectivity index (χ4n) is 2.64. The van der Waals surface area contributed by atoms with Crippen molar-refractivity contribution >= 4 is 11.8 Å². The summed E-state index contributed by atoms with van der Waals surface area (Å²) in [7, 11) is 3.51. The van der Waals surface area contributed by atoms with Gasteiger partial charge >= 0.3 is 0 Å². The summed E-state index contributed by atoms with van der Waals surface area (Å²) in [6.07, 6.45) is 0.992. The molecular weight excluding hydrogens is 258 g/mol. The van der Waals surface area contributed by atoms with E-state index in [1.807, 2.05) is 11.8 Å². The number of benzene rings is 1. The van der Waals surface area contributed by atoms with E-state index in [2.05, 4.69) is 32.2 Å². The fraction of sp³-hybridized carbons (Fsp3) is 0.600. The number of thioether (sulfide) groups is 1. The van der Waals surface area contributed by atoms with Crippen LogP contribution in [0.2, 0.25) is 0 Å². The molecule has 0 saturated carbocycles. The Morgan fingerprint density at radius 1 is 1.32 bits per heavy atom. The van der Waals surface area contributed by atoms with Gasteiger partial charge in [0.05, 0.1) is 19.1 Å². The number of ether oxygens (including phenoxy) is 2. The van der Waals surface area contributed by atoms with Crippen LogP contribution in [0.15, 0.2) is 11.0 Å². The highest BCUT2D eigenvalue weighted by Gasteiger charge is 2.26. The largest absolute Gasteiger partial charge is 0.496 e. The number of hydrogen-bond donors (Lipinski definition) is 1. The van der Waals surface area contributed by atoms with Gasteiger partial charge in [-0.1, -0.05) is 13.8 Å². The first kappa shape index (κ1) is 14.5. The topological polar surface area (TPSA) is 30.5 Å². The minimum Gasteiger partial charge on any atom is -0.496 e. The van der Waals surface area contributed by atoms with E-state index < -0.39 is 0 Å². The van der Waals surface area contributed by atoms with Gasteiger partial charge in [0.2, 0.25) is 0 Å². The number of fused-ring (bicyclic) bond motifs is 1. The van der Waals surface area contributed by atoms with E-state index in [1.165, 1.54) is 16.0 Å². The average molecular weight is 281 g/mol. The molecular formula is C15H23NO2S. The molecule has 0 amide bonds. The molecule has 0 fully saturated rings. The van der Waals surface area contributed by atoms with Crippen LogP contribution in [-0.2, 0) is 6.42 Å². The molecule has 19 heavy (non-hydrogen) atoms. The molecule has 1 N–H and O–H groups in total. The molecule has 2 rings (SSSR count). The van der Waals surface area contributed by atoms with Gasteiger partial charge in [-0.25, -0.2) is 0 Å². The zero-order valence-corrected chi connectivity index (χ0v) is 13.2. The smallest absolute Gasteiger partial charge is 0.137 e. The van der Waals surface area contributed by atoms with Crippen LogP contribution >= 0.6 is 11.8 Å². The van der Waals surface area contributed by atoms with Gasteiger partial charge in [-0.05, 0) is 26.0 Å². The quantitative estimate of drug-likeness (QED) is 0.857. The summed E-state index contributed by atoms with van der Waals surface area (Å²) in [6, 6.07) is 2.43. The van der Waals surface area contributed by atoms with E-state index in [-0.39, 0.29) is 0 Å². The highest BCUT2D eigenvalue weighted by Crippen LogP contribution is 2.45. The Bertz CT molecular complexity index is 460. The lowest BCUT2D eigenvalue weighted by molar-refractivity contribution is 0.370. The lowest BCUT2D eigenvalue weighted by Gasteiger charge is -2.29. The zero-order chi connectivity index (χ0) is 14.0. The fourth-order valence-corrected chi connectivity index (χ4v) is 3.62. The summed E-state index contributed by atoms with van der Waals surface area (Å²) in [6.45, 7) is 7.56. The Balaban J connectivity index is 2.60. The van der Waals surface area contributed by atoms with Crippen molar-refractivity contribution in [2.24, 2.45) is 0 Å². The van der Waals surface area contributed by atoms with Crippen LogP contribution in [0.4, 0.5) is 0 Å². The van der Waals surface area contributed by atoms with Crippen LogP contribution in [-0.4, -0.2) is 26.0 Å². The molecule has 0 bridgehead atoms. The Morgan fingerprint density at radius 2 is 2.05 bits per heavy atom. The number of nitrogens with one attached hydrogen (secondary N) is 1. The van der Waals surface area contributed by atoms with Crippen LogP contribution in [0, 0.1) is 0 Å². The maximum atomic E-state index is 5.70. The monoisotopic (exact) mass is 281 g/mol. The second-order valence-electron chi connectivity index (χ2n) is 5.09. The van der Waals surface area contributed by atoms with Crippen LogP contribution < -0.4 is 14.8 Å². The maximum absolute atomic E-state index is 5.70. The normalized spacial score (nSPS) is 18.3. The summed E-state index contributed by atoms with van der Waals surface area (Å²) < 4.78 is 11.3. The van der Waals surface area contributed by atoms with E-state index in [4.69, 9.17) is 9.47 Å². The van der Waals surface area contributed by atoms with Crippen LogP contribution in [0.3, 0.4) is 0 Å². The van der Waals surface area contributed by atoms with Crippen molar-refractivity contribution in [1.82, 2.24) is 5.32 Å². The summed E-state index contributed by atoms with van der Waals surface area (Å²) in [5, 5.41) is 4.02. The highest BCUT2D eigenvalue weighted by atomic mass is 32.2. The molecule has 0 spiro atoms. The Labute approximate surface area is 120 Å². The van der Waals surface area contributed by atoms with Gasteiger partial charge in [0, 0.05) is 22.4 Å². The summed E-state index contributed by atoms with van der Waals surface area (Å²) in [5.74, 6) is 2.00. The molecule has 3 nitrogen and oxygen atoms in total. The van der Waals surface area contributed by atoms with Crippen molar-refractivity contribution in [3.63, 3.8) is 0 Å². The van der Waals surface area contributed by atoms with Crippen molar-refractivity contribution in [2.45, 2.75) is 43.4 Å². The predicted octanol–water partition coefficient (Wildman–Crippen LogP) is 3.41. The molecule has 1 aliphatic heterocycles. The molecule has 0 aromatic heterocycles. The van der Waals surface area contributed by atoms with Crippen LogP contribution in [0.5, 0.6) is 11.5 Å². The molecule has 0 aliphatic carbocycles. The van der Waals surface area contributed by atoms with Crippen molar-refractivity contribution in [1.29, 1.82) is 0 Å². The molecule has 4 heteroatoms. The highest BCUT2D eigenvalue weighted by molar-refractivity contribution is 8.00. The minimum absolute atomic E-state index is 0.306. The maximum Gasteiger partial charge on any atom is 0.137 e. The van der Waals surface area contributed by atoms with Crippen molar-refractivity contribution in [3.8, 4) is 11.5 Å². The summed E-state index contributed by atoms with van der Waals surface area (Å²) in [5.41, 5.74) is 2.55. The van der Waals surface area contributed by atoms with Crippen LogP contribution in [0.1, 0.15) is 37.9 Å². The van der Waals surface area contributed by atoms with Crippen LogP contribution in [0.25, 0.3) is 0 Å². The summed E-state index contributed by atoms with van der Waals surface area (Å²) >= 11 is 1.82. The minimum atomic E-state index is 0.306. The van der Waals surface area contributed by atoms with E-state index in [1.54, 1.807) is 14.2 Å². The van der Waals surface area contributed by atoms with Crippen molar-refractivity contribution in [3.05, 3.63) is 17.2 Å². The van der Waals surface area contributed by atoms with Gasteiger partial charge in [0.1, 0.15) is 11.5 Å². The Kier molecular flexibility index (Phi) is 4.63. The van der Waals surface area contributed by atoms with Gasteiger partial charge in [-0.15, -0.1) is 11.8 Å². The molecule has 1 atom stereocenters. The second kappa shape index (κ2) is 6.06. The second-order valence-corrected chi connectivity index (χ2v) is 6.71. The lowest BCUT2D eigenvalue weighted by Crippen LogP contribution is -2.28. The molecule has 0 saturated heterocycles. The van der Waals surface area contributed by atoms with Gasteiger partial charge in [-0.3, -0.25) is 0 Å². The first-order valence-corrected chi connectivity index (χ1v) is 7.64. The molecule has 1 unspecified atom stereocenters. The van der Waals surface area contributed by atoms with E-state index in [0.29, 0.717) is 11.3 Å². The molecule has 0 radical (unpaired) electrons. The third-order valence-corrected chi connectivity index (χ3v) is 4.43. The van der Waals surface area contributed by atoms with E-state index in [0.717, 1.165) is 24.5 Å². The van der Waals surface area contributed by atoms with Crippen molar-refractivity contribution in [2.75, 3.05) is 20.8 Å². The van der Waals surface area contributed by atoms with Crippen molar-refractivity contribution < 1.29 is 9.47 Å². The Morgan fingerprint density at radius 3 is 2.63 bits per heavy atom.